The fourth-order valence-electron chi connectivity index (χ4n) is 2.65. The predicted octanol–water partition coefficient (Wildman–Crippen LogP) is 2.69. The van der Waals surface area contributed by atoms with E-state index in [-0.39, 0.29) is 17.4 Å². The maximum Gasteiger partial charge on any atom is 0.267 e. The Labute approximate surface area is 177 Å². The summed E-state index contributed by atoms with van der Waals surface area (Å²) in [5.41, 5.74) is 0.870. The van der Waals surface area contributed by atoms with Crippen LogP contribution in [0.1, 0.15) is 19.9 Å². The molecule has 2 aromatic heterocycles. The van der Waals surface area contributed by atoms with Crippen molar-refractivity contribution < 1.29 is 14.3 Å². The van der Waals surface area contributed by atoms with E-state index in [0.717, 1.165) is 4.88 Å². The summed E-state index contributed by atoms with van der Waals surface area (Å²) in [6.07, 6.45) is 0. The van der Waals surface area contributed by atoms with Crippen molar-refractivity contribution in [2.24, 2.45) is 0 Å². The molecule has 0 fully saturated rings. The first kappa shape index (κ1) is 21.3. The zero-order valence-electron chi connectivity index (χ0n) is 16.6. The number of rotatable bonds is 8. The van der Waals surface area contributed by atoms with Gasteiger partial charge in [-0.3, -0.25) is 14.4 Å². The van der Waals surface area contributed by atoms with Crippen LogP contribution in [0.3, 0.4) is 0 Å². The van der Waals surface area contributed by atoms with Gasteiger partial charge in [0.05, 0.1) is 11.4 Å². The summed E-state index contributed by atoms with van der Waals surface area (Å²) in [6, 6.07) is 12.9. The number of aromatic nitrogens is 2. The third-order valence-electron chi connectivity index (χ3n) is 4.21. The molecule has 2 amide bonds. The summed E-state index contributed by atoms with van der Waals surface area (Å²) >= 11 is 1.51. The number of amides is 2. The summed E-state index contributed by atoms with van der Waals surface area (Å²) in [5, 5.41) is 11.7. The fraction of sp³-hybridized carbons (Fsp3) is 0.238. The van der Waals surface area contributed by atoms with Crippen LogP contribution < -0.4 is 20.9 Å². The van der Waals surface area contributed by atoms with Gasteiger partial charge in [0.25, 0.3) is 5.56 Å². The van der Waals surface area contributed by atoms with Gasteiger partial charge in [0.15, 0.2) is 0 Å². The summed E-state index contributed by atoms with van der Waals surface area (Å²) in [6.45, 7) is 3.83. The van der Waals surface area contributed by atoms with Gasteiger partial charge in [0.2, 0.25) is 11.8 Å². The molecule has 0 spiro atoms. The highest BCUT2D eigenvalue weighted by molar-refractivity contribution is 7.13. The van der Waals surface area contributed by atoms with Crippen LogP contribution in [-0.2, 0) is 9.59 Å². The lowest BCUT2D eigenvalue weighted by Crippen LogP contribution is -2.33. The van der Waals surface area contributed by atoms with Crippen LogP contribution in [-0.4, -0.2) is 34.7 Å². The van der Waals surface area contributed by atoms with Crippen LogP contribution in [0.15, 0.2) is 58.7 Å². The largest absolute Gasteiger partial charge is 0.492 e. The smallest absolute Gasteiger partial charge is 0.267 e. The molecule has 0 aliphatic carbocycles. The van der Waals surface area contributed by atoms with Crippen molar-refractivity contribution in [3.05, 3.63) is 64.3 Å². The Bertz CT molecular complexity index is 1060. The van der Waals surface area contributed by atoms with Gasteiger partial charge in [-0.05, 0) is 48.7 Å². The average Bonchev–Trinajstić information content (AvgIpc) is 3.27. The van der Waals surface area contributed by atoms with Gasteiger partial charge in [-0.2, -0.15) is 5.10 Å². The minimum Gasteiger partial charge on any atom is -0.492 e. The Morgan fingerprint density at radius 2 is 1.93 bits per heavy atom. The Morgan fingerprint density at radius 3 is 2.60 bits per heavy atom. The van der Waals surface area contributed by atoms with Crippen LogP contribution in [0.2, 0.25) is 0 Å². The normalized spacial score (nSPS) is 11.5. The zero-order chi connectivity index (χ0) is 21.5. The molecule has 156 valence electrons. The van der Waals surface area contributed by atoms with E-state index in [1.165, 1.54) is 29.0 Å². The second-order valence-corrected chi connectivity index (χ2v) is 7.45. The lowest BCUT2D eigenvalue weighted by Gasteiger charge is -2.15. The van der Waals surface area contributed by atoms with Gasteiger partial charge in [-0.15, -0.1) is 11.3 Å². The number of carbonyl (C=O) groups is 2. The van der Waals surface area contributed by atoms with E-state index in [9.17, 15) is 14.4 Å². The third kappa shape index (κ3) is 5.54. The first-order chi connectivity index (χ1) is 14.4. The Morgan fingerprint density at radius 1 is 1.17 bits per heavy atom. The molecule has 9 heteroatoms. The number of hydrogen-bond donors (Lipinski definition) is 2. The maximum absolute atomic E-state index is 12.6. The second kappa shape index (κ2) is 9.84. The Balaban J connectivity index is 1.62. The van der Waals surface area contributed by atoms with Crippen molar-refractivity contribution in [3.63, 3.8) is 0 Å². The molecule has 8 nitrogen and oxygen atoms in total. The minimum atomic E-state index is -0.786. The molecule has 1 aromatic carbocycles. The van der Waals surface area contributed by atoms with Gasteiger partial charge >= 0.3 is 0 Å². The topological polar surface area (TPSA) is 102 Å². The molecule has 0 radical (unpaired) electrons. The van der Waals surface area contributed by atoms with Gasteiger partial charge in [0.1, 0.15) is 24.1 Å². The van der Waals surface area contributed by atoms with Gasteiger partial charge < -0.3 is 15.4 Å². The van der Waals surface area contributed by atoms with Gasteiger partial charge in [0, 0.05) is 18.7 Å². The molecule has 1 atom stereocenters. The number of nitrogens with one attached hydrogen (secondary N) is 2. The lowest BCUT2D eigenvalue weighted by atomic mass is 10.2. The summed E-state index contributed by atoms with van der Waals surface area (Å²) < 4.78 is 6.70. The molecule has 1 unspecified atom stereocenters. The van der Waals surface area contributed by atoms with Crippen molar-refractivity contribution in [1.29, 1.82) is 0 Å². The van der Waals surface area contributed by atoms with Crippen LogP contribution in [0.4, 0.5) is 5.69 Å². The maximum atomic E-state index is 12.6. The van der Waals surface area contributed by atoms with Crippen LogP contribution in [0, 0.1) is 0 Å². The summed E-state index contributed by atoms with van der Waals surface area (Å²) in [4.78, 5) is 36.6. The van der Waals surface area contributed by atoms with E-state index in [1.807, 2.05) is 17.5 Å². The lowest BCUT2D eigenvalue weighted by molar-refractivity contribution is -0.119. The van der Waals surface area contributed by atoms with E-state index < -0.39 is 6.04 Å². The van der Waals surface area contributed by atoms with Gasteiger partial charge in [-0.25, -0.2) is 4.68 Å². The fourth-order valence-corrected chi connectivity index (χ4v) is 3.34. The van der Waals surface area contributed by atoms with E-state index in [2.05, 4.69) is 15.7 Å². The monoisotopic (exact) mass is 426 g/mol. The van der Waals surface area contributed by atoms with Crippen LogP contribution in [0.25, 0.3) is 10.6 Å². The molecule has 0 saturated carbocycles. The molecule has 0 saturated heterocycles. The Kier molecular flexibility index (Phi) is 6.97. The SMILES string of the molecule is CC(=O)NCCOc1ccc(NC(=O)C(C)n2nc(-c3cccs3)ccc2=O)cc1. The molecule has 2 N–H and O–H groups in total. The molecule has 0 bridgehead atoms. The second-order valence-electron chi connectivity index (χ2n) is 6.50. The number of anilines is 1. The molecule has 3 aromatic rings. The molecule has 3 rings (SSSR count). The molecule has 0 aliphatic rings. The van der Waals surface area contributed by atoms with Crippen molar-refractivity contribution in [2.75, 3.05) is 18.5 Å². The number of ether oxygens (including phenoxy) is 1. The standard InChI is InChI=1S/C21H22N4O4S/c1-14(25-20(27)10-9-18(24-25)19-4-3-13-30-19)21(28)23-16-5-7-17(8-6-16)29-12-11-22-15(2)26/h3-10,13-14H,11-12H2,1-2H3,(H,22,26)(H,23,28). The van der Waals surface area contributed by atoms with E-state index >= 15 is 0 Å². The number of nitrogens with zero attached hydrogens (tertiary/aromatic N) is 2. The molecule has 30 heavy (non-hydrogen) atoms. The van der Waals surface area contributed by atoms with Crippen LogP contribution in [0.5, 0.6) is 5.75 Å². The number of benzene rings is 1. The number of thiophene rings is 1. The zero-order valence-corrected chi connectivity index (χ0v) is 17.4. The van der Waals surface area contributed by atoms with E-state index in [0.29, 0.717) is 30.3 Å². The van der Waals surface area contributed by atoms with Crippen LogP contribution >= 0.6 is 11.3 Å². The molecule has 0 aliphatic heterocycles. The average molecular weight is 426 g/mol. The summed E-state index contributed by atoms with van der Waals surface area (Å²) in [7, 11) is 0. The highest BCUT2D eigenvalue weighted by Gasteiger charge is 2.18. The first-order valence-electron chi connectivity index (χ1n) is 9.36. The van der Waals surface area contributed by atoms with Crippen molar-refractivity contribution in [3.8, 4) is 16.3 Å². The predicted molar refractivity (Wildman–Crippen MR) is 116 cm³/mol. The van der Waals surface area contributed by atoms with Crippen molar-refractivity contribution >= 4 is 28.8 Å². The van der Waals surface area contributed by atoms with Crippen molar-refractivity contribution in [2.45, 2.75) is 19.9 Å². The van der Waals surface area contributed by atoms with Gasteiger partial charge in [-0.1, -0.05) is 6.07 Å². The number of carbonyl (C=O) groups excluding carboxylic acids is 2. The molecule has 2 heterocycles. The molecular formula is C21H22N4O4S. The summed E-state index contributed by atoms with van der Waals surface area (Å²) in [5.74, 6) is 0.153. The minimum absolute atomic E-state index is 0.111. The molecular weight excluding hydrogens is 404 g/mol. The Hall–Kier alpha value is -3.46. The highest BCUT2D eigenvalue weighted by Crippen LogP contribution is 2.22. The van der Waals surface area contributed by atoms with E-state index in [4.69, 9.17) is 4.74 Å². The quantitative estimate of drug-likeness (QED) is 0.539. The van der Waals surface area contributed by atoms with Crippen molar-refractivity contribution in [1.82, 2.24) is 15.1 Å². The third-order valence-corrected chi connectivity index (χ3v) is 5.10. The first-order valence-corrected chi connectivity index (χ1v) is 10.2. The number of hydrogen-bond acceptors (Lipinski definition) is 6. The van der Waals surface area contributed by atoms with E-state index in [1.54, 1.807) is 37.3 Å². The highest BCUT2D eigenvalue weighted by atomic mass is 32.1.